The Hall–Kier alpha value is -1.79. The number of hydrogen-bond donors (Lipinski definition) is 0. The molecule has 0 aromatic heterocycles. The Bertz CT molecular complexity index is 1280. The summed E-state index contributed by atoms with van der Waals surface area (Å²) in [6.07, 6.45) is 0. The zero-order valence-electron chi connectivity index (χ0n) is 18.3. The van der Waals surface area contributed by atoms with Crippen LogP contribution in [0.3, 0.4) is 0 Å². The first-order valence-corrected chi connectivity index (χ1v) is 17.0. The van der Waals surface area contributed by atoms with E-state index >= 15 is 0 Å². The van der Waals surface area contributed by atoms with E-state index in [2.05, 4.69) is 0 Å². The summed E-state index contributed by atoms with van der Waals surface area (Å²) in [5.74, 6) is 0. The van der Waals surface area contributed by atoms with E-state index in [4.69, 9.17) is 7.38 Å². The fourth-order valence-corrected chi connectivity index (χ4v) is 13.2. The molecule has 0 aliphatic heterocycles. The predicted molar refractivity (Wildman–Crippen MR) is 124 cm³/mol. The summed E-state index contributed by atoms with van der Waals surface area (Å²) in [4.78, 5) is -0.916. The van der Waals surface area contributed by atoms with Crippen LogP contribution in [0, 0.1) is 20.8 Å². The zero-order valence-corrected chi connectivity index (χ0v) is 23.3. The van der Waals surface area contributed by atoms with E-state index in [1.807, 2.05) is 0 Å². The van der Waals surface area contributed by atoms with Crippen LogP contribution >= 0.6 is 0 Å². The molecular weight excluding hydrogens is 614 g/mol. The molecule has 0 spiro atoms. The van der Waals surface area contributed by atoms with Crippen molar-refractivity contribution in [3.8, 4) is 0 Å². The van der Waals surface area contributed by atoms with E-state index in [1.165, 1.54) is 72.8 Å². The second kappa shape index (κ2) is 10.4. The van der Waals surface area contributed by atoms with Crippen LogP contribution in [0.5, 0.6) is 0 Å². The maximum atomic E-state index is 12.8. The topological polar surface area (TPSA) is 130 Å². The van der Waals surface area contributed by atoms with Gasteiger partial charge in [-0.3, -0.25) is 0 Å². The van der Waals surface area contributed by atoms with Crippen molar-refractivity contribution < 1.29 is 32.6 Å². The zero-order chi connectivity index (χ0) is 25.1. The molecule has 0 aliphatic carbocycles. The molecule has 3 rings (SSSR count). The van der Waals surface area contributed by atoms with E-state index in [-0.39, 0.29) is 14.7 Å². The molecule has 3 aromatic rings. The van der Waals surface area contributed by atoms with Gasteiger partial charge in [0.05, 0.1) is 0 Å². The molecule has 0 fully saturated rings. The summed E-state index contributed by atoms with van der Waals surface area (Å²) in [5.41, 5.74) is 2.31. The summed E-state index contributed by atoms with van der Waals surface area (Å²) in [5, 5.41) is 0. The fraction of sp³-hybridized carbons (Fsp3) is 0.143. The fourth-order valence-electron chi connectivity index (χ4n) is 2.52. The first-order chi connectivity index (χ1) is 15.8. The summed E-state index contributed by atoms with van der Waals surface area (Å²) in [6, 6.07) is 16.5. The predicted octanol–water partition coefficient (Wildman–Crippen LogP) is 3.11. The number of aryl methyl sites for hydroxylation is 3. The van der Waals surface area contributed by atoms with Gasteiger partial charge in [0.15, 0.2) is 0 Å². The van der Waals surface area contributed by atoms with Gasteiger partial charge in [0.1, 0.15) is 0 Å². The molecule has 0 N–H and O–H groups in total. The molecular formula is C21H21O9S3Sb. The van der Waals surface area contributed by atoms with Gasteiger partial charge in [-0.05, 0) is 0 Å². The molecule has 0 saturated carbocycles. The Labute approximate surface area is 208 Å². The molecule has 0 unspecified atom stereocenters. The Morgan fingerprint density at radius 2 is 0.647 bits per heavy atom. The van der Waals surface area contributed by atoms with E-state index in [1.54, 1.807) is 20.8 Å². The average molecular weight is 635 g/mol. The van der Waals surface area contributed by atoms with Gasteiger partial charge in [-0.2, -0.15) is 0 Å². The van der Waals surface area contributed by atoms with Crippen LogP contribution in [0.2, 0.25) is 0 Å². The summed E-state index contributed by atoms with van der Waals surface area (Å²) in [6.45, 7) is 5.23. The van der Waals surface area contributed by atoms with Gasteiger partial charge in [0, 0.05) is 0 Å². The summed E-state index contributed by atoms with van der Waals surface area (Å²) in [7, 11) is -13.8. The Morgan fingerprint density at radius 3 is 0.853 bits per heavy atom. The van der Waals surface area contributed by atoms with Crippen LogP contribution in [0.15, 0.2) is 87.5 Å². The minimum atomic E-state index is -4.98. The van der Waals surface area contributed by atoms with Gasteiger partial charge in [0.25, 0.3) is 0 Å². The molecule has 0 aliphatic rings. The molecule has 0 radical (unpaired) electrons. The molecule has 0 amide bonds. The SMILES string of the molecule is Cc1ccc(S(=O)(=O)[O][Sb]([O]S(=O)(=O)c2ccc(C)cc2)[O]S(=O)(=O)c2ccc(C)cc2)cc1. The van der Waals surface area contributed by atoms with Crippen molar-refractivity contribution in [2.24, 2.45) is 0 Å². The Kier molecular flexibility index (Phi) is 8.24. The van der Waals surface area contributed by atoms with E-state index < -0.39 is 51.8 Å². The Morgan fingerprint density at radius 1 is 0.441 bits per heavy atom. The quantitative estimate of drug-likeness (QED) is 0.326. The van der Waals surface area contributed by atoms with Crippen molar-refractivity contribution >= 4 is 51.8 Å². The average Bonchev–Trinajstić information content (AvgIpc) is 2.73. The van der Waals surface area contributed by atoms with Gasteiger partial charge in [-0.15, -0.1) is 0 Å². The van der Waals surface area contributed by atoms with Crippen molar-refractivity contribution in [3.63, 3.8) is 0 Å². The molecule has 3 aromatic carbocycles. The van der Waals surface area contributed by atoms with Gasteiger partial charge in [0.2, 0.25) is 0 Å². The second-order valence-electron chi connectivity index (χ2n) is 7.25. The number of rotatable bonds is 9. The molecule has 0 heterocycles. The second-order valence-corrected chi connectivity index (χ2v) is 16.9. The van der Waals surface area contributed by atoms with Crippen molar-refractivity contribution in [2.75, 3.05) is 0 Å². The summed E-state index contributed by atoms with van der Waals surface area (Å²) < 4.78 is 91.5. The summed E-state index contributed by atoms with van der Waals surface area (Å²) >= 11 is -4.98. The number of hydrogen-bond acceptors (Lipinski definition) is 9. The van der Waals surface area contributed by atoms with Crippen molar-refractivity contribution in [3.05, 3.63) is 89.5 Å². The van der Waals surface area contributed by atoms with E-state index in [0.29, 0.717) is 0 Å². The first kappa shape index (κ1) is 26.8. The standard InChI is InChI=1S/3C7H8O3S.Sb/c3*1-6-2-4-7(5-3-6)11(8,9)10;/h3*2-5H,1H3,(H,8,9,10);/q;;;+3/p-3. The third-order valence-electron chi connectivity index (χ3n) is 4.41. The van der Waals surface area contributed by atoms with Crippen molar-refractivity contribution in [1.29, 1.82) is 0 Å². The van der Waals surface area contributed by atoms with E-state index in [9.17, 15) is 25.3 Å². The van der Waals surface area contributed by atoms with Gasteiger partial charge >= 0.3 is 209 Å². The molecule has 0 atom stereocenters. The van der Waals surface area contributed by atoms with Gasteiger partial charge < -0.3 is 0 Å². The molecule has 0 saturated heterocycles. The molecule has 9 nitrogen and oxygen atoms in total. The normalized spacial score (nSPS) is 12.7. The van der Waals surface area contributed by atoms with Crippen LogP contribution in [-0.2, 0) is 37.7 Å². The van der Waals surface area contributed by atoms with Crippen molar-refractivity contribution in [2.45, 2.75) is 35.5 Å². The van der Waals surface area contributed by atoms with Crippen LogP contribution in [0.4, 0.5) is 0 Å². The van der Waals surface area contributed by atoms with Gasteiger partial charge in [-0.25, -0.2) is 0 Å². The third-order valence-corrected chi connectivity index (χ3v) is 16.1. The van der Waals surface area contributed by atoms with Crippen LogP contribution < -0.4 is 0 Å². The Balaban J connectivity index is 1.97. The monoisotopic (exact) mass is 634 g/mol. The maximum absolute atomic E-state index is 12.8. The molecule has 0 bridgehead atoms. The van der Waals surface area contributed by atoms with Crippen molar-refractivity contribution in [1.82, 2.24) is 0 Å². The minimum absolute atomic E-state index is 0.305. The third kappa shape index (κ3) is 6.88. The number of benzene rings is 3. The van der Waals surface area contributed by atoms with Crippen LogP contribution in [-0.4, -0.2) is 46.7 Å². The van der Waals surface area contributed by atoms with Crippen LogP contribution in [0.25, 0.3) is 0 Å². The first-order valence-electron chi connectivity index (χ1n) is 9.62. The van der Waals surface area contributed by atoms with Gasteiger partial charge in [-0.1, -0.05) is 0 Å². The van der Waals surface area contributed by atoms with E-state index in [0.717, 1.165) is 16.7 Å². The molecule has 182 valence electrons. The molecule has 34 heavy (non-hydrogen) atoms. The molecule has 13 heteroatoms. The van der Waals surface area contributed by atoms with Crippen LogP contribution in [0.1, 0.15) is 16.7 Å².